The molecule has 1 saturated carbocycles. The molecule has 1 aliphatic rings. The molecule has 17 heavy (non-hydrogen) atoms. The van der Waals surface area contributed by atoms with E-state index in [0.29, 0.717) is 11.3 Å². The third-order valence-electron chi connectivity index (χ3n) is 4.05. The van der Waals surface area contributed by atoms with Gasteiger partial charge in [-0.05, 0) is 48.1 Å². The van der Waals surface area contributed by atoms with Crippen LogP contribution in [0.4, 0.5) is 0 Å². The normalized spacial score (nSPS) is 28.9. The number of rotatable bonds is 3. The molecule has 0 aromatic heterocycles. The summed E-state index contributed by atoms with van der Waals surface area (Å²) in [5.74, 6) is 0.637. The van der Waals surface area contributed by atoms with Gasteiger partial charge in [-0.1, -0.05) is 61.0 Å². The SMILES string of the molecule is CC(C)c1ccc(CC2(C)CCC(Br)C2)cc1. The molecule has 0 saturated heterocycles. The molecule has 1 aliphatic carbocycles. The molecule has 1 aromatic carbocycles. The highest BCUT2D eigenvalue weighted by Crippen LogP contribution is 2.43. The van der Waals surface area contributed by atoms with Crippen molar-refractivity contribution in [3.05, 3.63) is 35.4 Å². The van der Waals surface area contributed by atoms with Crippen molar-refractivity contribution in [2.45, 2.75) is 57.2 Å². The molecule has 1 aromatic rings. The molecular formula is C16H23Br. The Labute approximate surface area is 114 Å². The number of hydrogen-bond donors (Lipinski definition) is 0. The molecule has 0 aliphatic heterocycles. The van der Waals surface area contributed by atoms with Crippen molar-refractivity contribution in [3.63, 3.8) is 0 Å². The number of hydrogen-bond acceptors (Lipinski definition) is 0. The standard InChI is InChI=1S/C16H23Br/c1-12(2)14-6-4-13(5-7-14)10-16(3)9-8-15(17)11-16/h4-7,12,15H,8-11H2,1-3H3. The van der Waals surface area contributed by atoms with Gasteiger partial charge in [-0.2, -0.15) is 0 Å². The Morgan fingerprint density at radius 3 is 2.41 bits per heavy atom. The fourth-order valence-corrected chi connectivity index (χ4v) is 3.93. The van der Waals surface area contributed by atoms with Crippen LogP contribution in [0.3, 0.4) is 0 Å². The van der Waals surface area contributed by atoms with Gasteiger partial charge in [-0.25, -0.2) is 0 Å². The van der Waals surface area contributed by atoms with E-state index in [9.17, 15) is 0 Å². The lowest BCUT2D eigenvalue weighted by molar-refractivity contribution is 0.336. The minimum atomic E-state index is 0.507. The molecule has 1 fully saturated rings. The van der Waals surface area contributed by atoms with E-state index in [-0.39, 0.29) is 0 Å². The summed E-state index contributed by atoms with van der Waals surface area (Å²) in [6, 6.07) is 9.23. The highest BCUT2D eigenvalue weighted by atomic mass is 79.9. The average molecular weight is 295 g/mol. The summed E-state index contributed by atoms with van der Waals surface area (Å²) in [7, 11) is 0. The van der Waals surface area contributed by atoms with Crippen LogP contribution in [0.1, 0.15) is 57.1 Å². The van der Waals surface area contributed by atoms with Crippen LogP contribution in [0.25, 0.3) is 0 Å². The molecule has 0 N–H and O–H groups in total. The maximum absolute atomic E-state index is 3.76. The highest BCUT2D eigenvalue weighted by molar-refractivity contribution is 9.09. The van der Waals surface area contributed by atoms with Gasteiger partial charge in [0.25, 0.3) is 0 Å². The number of halogens is 1. The summed E-state index contributed by atoms with van der Waals surface area (Å²) in [5, 5.41) is 0. The van der Waals surface area contributed by atoms with Crippen LogP contribution in [0.15, 0.2) is 24.3 Å². The Kier molecular flexibility index (Phi) is 3.97. The van der Waals surface area contributed by atoms with Crippen LogP contribution in [-0.4, -0.2) is 4.83 Å². The van der Waals surface area contributed by atoms with Crippen LogP contribution in [-0.2, 0) is 6.42 Å². The average Bonchev–Trinajstić information content (AvgIpc) is 2.59. The zero-order chi connectivity index (χ0) is 12.5. The largest absolute Gasteiger partial charge is 0.0890 e. The van der Waals surface area contributed by atoms with Crippen LogP contribution >= 0.6 is 15.9 Å². The summed E-state index contributed by atoms with van der Waals surface area (Å²) in [6.07, 6.45) is 5.24. The second-order valence-electron chi connectivity index (χ2n) is 6.22. The summed E-state index contributed by atoms with van der Waals surface area (Å²) in [5.41, 5.74) is 3.45. The molecule has 94 valence electrons. The van der Waals surface area contributed by atoms with Crippen LogP contribution in [0, 0.1) is 5.41 Å². The van der Waals surface area contributed by atoms with E-state index in [1.165, 1.54) is 36.8 Å². The van der Waals surface area contributed by atoms with E-state index in [2.05, 4.69) is 61.0 Å². The predicted octanol–water partition coefficient (Wildman–Crippen LogP) is 5.31. The molecule has 0 bridgehead atoms. The molecule has 0 heterocycles. The lowest BCUT2D eigenvalue weighted by atomic mass is 9.82. The van der Waals surface area contributed by atoms with Crippen LogP contribution < -0.4 is 0 Å². The fraction of sp³-hybridized carbons (Fsp3) is 0.625. The monoisotopic (exact) mass is 294 g/mol. The number of alkyl halides is 1. The van der Waals surface area contributed by atoms with E-state index < -0.39 is 0 Å². The zero-order valence-corrected chi connectivity index (χ0v) is 12.8. The quantitative estimate of drug-likeness (QED) is 0.663. The van der Waals surface area contributed by atoms with Crippen molar-refractivity contribution < 1.29 is 0 Å². The van der Waals surface area contributed by atoms with Crippen LogP contribution in [0.5, 0.6) is 0 Å². The minimum absolute atomic E-state index is 0.507. The Morgan fingerprint density at radius 1 is 1.29 bits per heavy atom. The van der Waals surface area contributed by atoms with Crippen molar-refractivity contribution in [3.8, 4) is 0 Å². The van der Waals surface area contributed by atoms with Gasteiger partial charge in [0, 0.05) is 4.83 Å². The molecule has 2 unspecified atom stereocenters. The summed E-state index contributed by atoms with van der Waals surface area (Å²) < 4.78 is 0. The maximum Gasteiger partial charge on any atom is 0.0151 e. The Hall–Kier alpha value is -0.300. The third-order valence-corrected chi connectivity index (χ3v) is 4.83. The molecule has 1 heteroatoms. The van der Waals surface area contributed by atoms with E-state index in [1.807, 2.05) is 0 Å². The second kappa shape index (κ2) is 5.14. The third kappa shape index (κ3) is 3.34. The van der Waals surface area contributed by atoms with Crippen LogP contribution in [0.2, 0.25) is 0 Å². The first-order chi connectivity index (χ1) is 7.98. The fourth-order valence-electron chi connectivity index (χ4n) is 2.92. The van der Waals surface area contributed by atoms with Crippen molar-refractivity contribution in [2.75, 3.05) is 0 Å². The smallest absolute Gasteiger partial charge is 0.0151 e. The molecule has 0 spiro atoms. The van der Waals surface area contributed by atoms with Crippen molar-refractivity contribution in [1.29, 1.82) is 0 Å². The van der Waals surface area contributed by atoms with E-state index in [4.69, 9.17) is 0 Å². The Morgan fingerprint density at radius 2 is 1.94 bits per heavy atom. The van der Waals surface area contributed by atoms with Gasteiger partial charge in [0.05, 0.1) is 0 Å². The summed E-state index contributed by atoms with van der Waals surface area (Å²) in [4.78, 5) is 0.738. The predicted molar refractivity (Wildman–Crippen MR) is 78.9 cm³/mol. The lowest BCUT2D eigenvalue weighted by Gasteiger charge is -2.24. The molecule has 0 radical (unpaired) electrons. The molecule has 0 nitrogen and oxygen atoms in total. The highest BCUT2D eigenvalue weighted by Gasteiger charge is 2.33. The van der Waals surface area contributed by atoms with Gasteiger partial charge in [-0.3, -0.25) is 0 Å². The number of benzene rings is 1. The summed E-state index contributed by atoms with van der Waals surface area (Å²) in [6.45, 7) is 6.94. The molecular weight excluding hydrogens is 272 g/mol. The van der Waals surface area contributed by atoms with Gasteiger partial charge in [0.1, 0.15) is 0 Å². The first-order valence-corrected chi connectivity index (χ1v) is 7.63. The molecule has 2 rings (SSSR count). The van der Waals surface area contributed by atoms with E-state index in [1.54, 1.807) is 0 Å². The topological polar surface area (TPSA) is 0 Å². The minimum Gasteiger partial charge on any atom is -0.0890 e. The van der Waals surface area contributed by atoms with Gasteiger partial charge >= 0.3 is 0 Å². The zero-order valence-electron chi connectivity index (χ0n) is 11.2. The van der Waals surface area contributed by atoms with Crippen molar-refractivity contribution in [1.82, 2.24) is 0 Å². The molecule has 0 amide bonds. The van der Waals surface area contributed by atoms with Gasteiger partial charge < -0.3 is 0 Å². The van der Waals surface area contributed by atoms with Crippen molar-refractivity contribution >= 4 is 15.9 Å². The lowest BCUT2D eigenvalue weighted by Crippen LogP contribution is -2.15. The maximum atomic E-state index is 3.76. The molecule has 2 atom stereocenters. The van der Waals surface area contributed by atoms with Gasteiger partial charge in [0.2, 0.25) is 0 Å². The van der Waals surface area contributed by atoms with Gasteiger partial charge in [0.15, 0.2) is 0 Å². The second-order valence-corrected chi connectivity index (χ2v) is 7.52. The van der Waals surface area contributed by atoms with Gasteiger partial charge in [-0.15, -0.1) is 0 Å². The Bertz CT molecular complexity index is 366. The van der Waals surface area contributed by atoms with E-state index in [0.717, 1.165) is 4.83 Å². The van der Waals surface area contributed by atoms with E-state index >= 15 is 0 Å². The van der Waals surface area contributed by atoms with Crippen molar-refractivity contribution in [2.24, 2.45) is 5.41 Å². The first kappa shape index (κ1) is 13.1. The first-order valence-electron chi connectivity index (χ1n) is 6.71. The Balaban J connectivity index is 2.04. The summed E-state index contributed by atoms with van der Waals surface area (Å²) >= 11 is 3.76.